The zero-order valence-electron chi connectivity index (χ0n) is 15.0. The quantitative estimate of drug-likeness (QED) is 0.879. The fourth-order valence-corrected chi connectivity index (χ4v) is 4.37. The summed E-state index contributed by atoms with van der Waals surface area (Å²) < 4.78 is 1.87. The molecule has 8 nitrogen and oxygen atoms in total. The van der Waals surface area contributed by atoms with Gasteiger partial charge in [0.15, 0.2) is 5.65 Å². The van der Waals surface area contributed by atoms with E-state index in [1.807, 2.05) is 30.5 Å². The number of rotatable bonds is 3. The van der Waals surface area contributed by atoms with Crippen molar-refractivity contribution in [2.45, 2.75) is 39.0 Å². The molecule has 138 valence electrons. The lowest BCUT2D eigenvalue weighted by atomic mass is 9.81. The van der Waals surface area contributed by atoms with Gasteiger partial charge in [0.2, 0.25) is 0 Å². The van der Waals surface area contributed by atoms with E-state index < -0.39 is 11.4 Å². The number of urea groups is 1. The molecule has 0 bridgehead atoms. The Balaban J connectivity index is 1.53. The molecule has 1 aliphatic carbocycles. The summed E-state index contributed by atoms with van der Waals surface area (Å²) >= 11 is 0. The van der Waals surface area contributed by atoms with Gasteiger partial charge in [0.25, 0.3) is 0 Å². The van der Waals surface area contributed by atoms with Gasteiger partial charge in [-0.1, -0.05) is 20.3 Å². The predicted molar refractivity (Wildman–Crippen MR) is 95.1 cm³/mol. The fourth-order valence-electron chi connectivity index (χ4n) is 4.37. The van der Waals surface area contributed by atoms with Crippen molar-refractivity contribution >= 4 is 23.3 Å². The third-order valence-electron chi connectivity index (χ3n) is 5.78. The standard InChI is InChI=1S/C18H23N5O3/c1-11(2)15-21-20-14-6-5-13(9-23(14)15)19-17(26)22-8-12-4-3-7-18(12,10-22)16(24)25/h5-6,9,11-12H,3-4,7-8,10H2,1-2H3,(H,19,26)(H,24,25)/t12-,18+/m0/s1. The Morgan fingerprint density at radius 1 is 1.35 bits per heavy atom. The average Bonchev–Trinajstić information content (AvgIpc) is 3.26. The van der Waals surface area contributed by atoms with Crippen molar-refractivity contribution in [1.82, 2.24) is 19.5 Å². The topological polar surface area (TPSA) is 99.8 Å². The summed E-state index contributed by atoms with van der Waals surface area (Å²) in [5.41, 5.74) is 0.610. The summed E-state index contributed by atoms with van der Waals surface area (Å²) in [6.45, 7) is 4.86. The number of aliphatic carboxylic acids is 1. The van der Waals surface area contributed by atoms with E-state index in [4.69, 9.17) is 0 Å². The van der Waals surface area contributed by atoms with Crippen molar-refractivity contribution < 1.29 is 14.7 Å². The lowest BCUT2D eigenvalue weighted by molar-refractivity contribution is -0.149. The van der Waals surface area contributed by atoms with E-state index in [1.54, 1.807) is 11.0 Å². The maximum atomic E-state index is 12.7. The number of carboxylic acid groups (broad SMARTS) is 1. The first-order valence-corrected chi connectivity index (χ1v) is 9.05. The third kappa shape index (κ3) is 2.51. The number of carbonyl (C=O) groups excluding carboxylic acids is 1. The molecular weight excluding hydrogens is 334 g/mol. The molecule has 2 N–H and O–H groups in total. The molecule has 8 heteroatoms. The number of nitrogens with one attached hydrogen (secondary N) is 1. The Bertz CT molecular complexity index is 877. The molecule has 2 aliphatic rings. The second-order valence-corrected chi connectivity index (χ2v) is 7.72. The number of carboxylic acids is 1. The molecule has 1 aliphatic heterocycles. The van der Waals surface area contributed by atoms with Crippen LogP contribution in [0.15, 0.2) is 18.3 Å². The van der Waals surface area contributed by atoms with Crippen LogP contribution in [0.1, 0.15) is 44.9 Å². The number of hydrogen-bond donors (Lipinski definition) is 2. The smallest absolute Gasteiger partial charge is 0.321 e. The van der Waals surface area contributed by atoms with E-state index in [1.165, 1.54) is 0 Å². The summed E-state index contributed by atoms with van der Waals surface area (Å²) in [5, 5.41) is 20.9. The predicted octanol–water partition coefficient (Wildman–Crippen LogP) is 2.57. The van der Waals surface area contributed by atoms with Gasteiger partial charge in [-0.25, -0.2) is 4.79 Å². The van der Waals surface area contributed by atoms with Crippen molar-refractivity contribution in [1.29, 1.82) is 0 Å². The second-order valence-electron chi connectivity index (χ2n) is 7.72. The van der Waals surface area contributed by atoms with Crippen LogP contribution in [0.4, 0.5) is 10.5 Å². The van der Waals surface area contributed by atoms with Gasteiger partial charge in [-0.15, -0.1) is 10.2 Å². The van der Waals surface area contributed by atoms with Crippen molar-refractivity contribution in [2.24, 2.45) is 11.3 Å². The SMILES string of the molecule is CC(C)c1nnc2ccc(NC(=O)N3C[C@@H]4CCC[C@@]4(C(=O)O)C3)cn12. The zero-order valence-corrected chi connectivity index (χ0v) is 15.0. The van der Waals surface area contributed by atoms with Gasteiger partial charge in [-0.2, -0.15) is 0 Å². The lowest BCUT2D eigenvalue weighted by Crippen LogP contribution is -2.38. The molecule has 2 aromatic rings. The highest BCUT2D eigenvalue weighted by atomic mass is 16.4. The maximum absolute atomic E-state index is 12.7. The van der Waals surface area contributed by atoms with E-state index in [9.17, 15) is 14.7 Å². The van der Waals surface area contributed by atoms with Gasteiger partial charge in [0, 0.05) is 25.2 Å². The van der Waals surface area contributed by atoms with E-state index in [-0.39, 0.29) is 24.4 Å². The van der Waals surface area contributed by atoms with Crippen LogP contribution in [0.5, 0.6) is 0 Å². The summed E-state index contributed by atoms with van der Waals surface area (Å²) in [5.74, 6) is 0.322. The number of likely N-dealkylation sites (tertiary alicyclic amines) is 1. The summed E-state index contributed by atoms with van der Waals surface area (Å²) in [6, 6.07) is 3.35. The molecule has 0 radical (unpaired) electrons. The number of carbonyl (C=O) groups is 2. The normalized spacial score (nSPS) is 25.0. The minimum Gasteiger partial charge on any atom is -0.481 e. The van der Waals surface area contributed by atoms with Crippen LogP contribution in [0.2, 0.25) is 0 Å². The third-order valence-corrected chi connectivity index (χ3v) is 5.78. The van der Waals surface area contributed by atoms with E-state index in [0.717, 1.165) is 24.3 Å². The maximum Gasteiger partial charge on any atom is 0.321 e. The van der Waals surface area contributed by atoms with Gasteiger partial charge in [-0.05, 0) is 30.9 Å². The van der Waals surface area contributed by atoms with Gasteiger partial charge in [0.05, 0.1) is 11.1 Å². The first kappa shape index (κ1) is 16.8. The molecule has 2 amide bonds. The molecule has 0 spiro atoms. The van der Waals surface area contributed by atoms with Crippen molar-refractivity contribution in [2.75, 3.05) is 18.4 Å². The summed E-state index contributed by atoms with van der Waals surface area (Å²) in [4.78, 5) is 26.1. The van der Waals surface area contributed by atoms with Crippen molar-refractivity contribution in [3.05, 3.63) is 24.2 Å². The molecule has 1 saturated heterocycles. The van der Waals surface area contributed by atoms with Gasteiger partial charge in [0.1, 0.15) is 5.82 Å². The molecule has 3 heterocycles. The van der Waals surface area contributed by atoms with Crippen molar-refractivity contribution in [3.63, 3.8) is 0 Å². The van der Waals surface area contributed by atoms with Crippen LogP contribution in [-0.4, -0.2) is 49.7 Å². The monoisotopic (exact) mass is 357 g/mol. The average molecular weight is 357 g/mol. The van der Waals surface area contributed by atoms with Crippen LogP contribution < -0.4 is 5.32 Å². The second kappa shape index (κ2) is 5.96. The summed E-state index contributed by atoms with van der Waals surface area (Å²) in [7, 11) is 0. The van der Waals surface area contributed by atoms with Gasteiger partial charge in [-0.3, -0.25) is 9.20 Å². The molecular formula is C18H23N5O3. The van der Waals surface area contributed by atoms with Gasteiger partial charge < -0.3 is 15.3 Å². The first-order chi connectivity index (χ1) is 12.4. The fraction of sp³-hybridized carbons (Fsp3) is 0.556. The van der Waals surface area contributed by atoms with Crippen LogP contribution in [0.3, 0.4) is 0 Å². The highest BCUT2D eigenvalue weighted by Crippen LogP contribution is 2.48. The number of amides is 2. The van der Waals surface area contributed by atoms with Crippen LogP contribution in [-0.2, 0) is 4.79 Å². The largest absolute Gasteiger partial charge is 0.481 e. The zero-order chi connectivity index (χ0) is 18.5. The molecule has 2 fully saturated rings. The Labute approximate surface area is 151 Å². The molecule has 0 aromatic carbocycles. The minimum atomic E-state index is -0.775. The highest BCUT2D eigenvalue weighted by Gasteiger charge is 2.55. The molecule has 2 atom stereocenters. The molecule has 2 aromatic heterocycles. The Morgan fingerprint density at radius 2 is 2.15 bits per heavy atom. The van der Waals surface area contributed by atoms with E-state index in [2.05, 4.69) is 15.5 Å². The number of aromatic nitrogens is 3. The number of hydrogen-bond acceptors (Lipinski definition) is 4. The van der Waals surface area contributed by atoms with Crippen LogP contribution >= 0.6 is 0 Å². The number of nitrogens with zero attached hydrogens (tertiary/aromatic N) is 4. The van der Waals surface area contributed by atoms with Crippen molar-refractivity contribution in [3.8, 4) is 0 Å². The van der Waals surface area contributed by atoms with Gasteiger partial charge >= 0.3 is 12.0 Å². The van der Waals surface area contributed by atoms with E-state index >= 15 is 0 Å². The number of pyridine rings is 1. The summed E-state index contributed by atoms with van der Waals surface area (Å²) in [6.07, 6.45) is 4.27. The van der Waals surface area contributed by atoms with Crippen LogP contribution in [0.25, 0.3) is 5.65 Å². The Hall–Kier alpha value is -2.64. The molecule has 26 heavy (non-hydrogen) atoms. The highest BCUT2D eigenvalue weighted by molar-refractivity contribution is 5.90. The molecule has 4 rings (SSSR count). The first-order valence-electron chi connectivity index (χ1n) is 9.05. The minimum absolute atomic E-state index is 0.0543. The Morgan fingerprint density at radius 3 is 2.85 bits per heavy atom. The number of fused-ring (bicyclic) bond motifs is 2. The lowest BCUT2D eigenvalue weighted by Gasteiger charge is -2.23. The Kier molecular flexibility index (Phi) is 3.86. The molecule has 0 unspecified atom stereocenters. The molecule has 1 saturated carbocycles. The number of anilines is 1. The van der Waals surface area contributed by atoms with E-state index in [0.29, 0.717) is 18.7 Å². The van der Waals surface area contributed by atoms with Crippen LogP contribution in [0, 0.1) is 11.3 Å².